The molecule has 0 atom stereocenters. The van der Waals surface area contributed by atoms with Gasteiger partial charge in [-0.05, 0) is 36.2 Å². The molecule has 0 saturated heterocycles. The normalized spacial score (nSPS) is 12.4. The van der Waals surface area contributed by atoms with Crippen LogP contribution in [-0.2, 0) is 13.1 Å². The number of halogens is 1. The van der Waals surface area contributed by atoms with Crippen LogP contribution in [0.3, 0.4) is 0 Å². The van der Waals surface area contributed by atoms with Gasteiger partial charge in [-0.3, -0.25) is 5.10 Å². The van der Waals surface area contributed by atoms with Gasteiger partial charge < -0.3 is 14.8 Å². The van der Waals surface area contributed by atoms with Crippen LogP contribution in [0.25, 0.3) is 11.0 Å². The molecule has 7 heteroatoms. The molecule has 0 amide bonds. The summed E-state index contributed by atoms with van der Waals surface area (Å²) in [5, 5.41) is 11.6. The minimum Gasteiger partial charge on any atom is -0.454 e. The van der Waals surface area contributed by atoms with E-state index in [2.05, 4.69) is 26.6 Å². The van der Waals surface area contributed by atoms with Crippen LogP contribution in [0.4, 0.5) is 0 Å². The number of nitrogens with one attached hydrogen (secondary N) is 2. The van der Waals surface area contributed by atoms with Gasteiger partial charge in [0.1, 0.15) is 0 Å². The van der Waals surface area contributed by atoms with Gasteiger partial charge in [0.05, 0.1) is 0 Å². The van der Waals surface area contributed by atoms with E-state index in [1.807, 2.05) is 31.3 Å². The maximum atomic E-state index is 5.39. The van der Waals surface area contributed by atoms with E-state index in [1.165, 1.54) is 0 Å². The number of ether oxygens (including phenoxy) is 2. The molecular weight excluding hydrogens is 316 g/mol. The minimum atomic E-state index is 0. The van der Waals surface area contributed by atoms with Crippen LogP contribution in [0.5, 0.6) is 11.5 Å². The molecule has 1 aliphatic rings. The third kappa shape index (κ3) is 3.09. The van der Waals surface area contributed by atoms with E-state index in [-0.39, 0.29) is 12.4 Å². The highest BCUT2D eigenvalue weighted by molar-refractivity contribution is 5.85. The maximum absolute atomic E-state index is 5.39. The molecule has 0 fully saturated rings. The topological polar surface area (TPSA) is 72.1 Å². The molecule has 0 spiro atoms. The SMILES string of the molecule is Cc1[nH]nc2ncc(CNCc3ccc4c(c3)OCO4)cc12.Cl. The van der Waals surface area contributed by atoms with Crippen molar-refractivity contribution in [1.82, 2.24) is 20.5 Å². The van der Waals surface area contributed by atoms with Gasteiger partial charge in [-0.1, -0.05) is 6.07 Å². The highest BCUT2D eigenvalue weighted by Gasteiger charge is 2.12. The predicted molar refractivity (Wildman–Crippen MR) is 89.0 cm³/mol. The van der Waals surface area contributed by atoms with E-state index >= 15 is 0 Å². The Morgan fingerprint density at radius 1 is 1.13 bits per heavy atom. The molecule has 2 N–H and O–H groups in total. The molecule has 4 rings (SSSR count). The Kier molecular flexibility index (Phi) is 4.36. The average molecular weight is 333 g/mol. The third-order valence-corrected chi connectivity index (χ3v) is 3.75. The van der Waals surface area contributed by atoms with E-state index in [0.29, 0.717) is 6.79 Å². The second-order valence-corrected chi connectivity index (χ2v) is 5.35. The van der Waals surface area contributed by atoms with Gasteiger partial charge in [-0.15, -0.1) is 12.4 Å². The Labute approximate surface area is 139 Å². The largest absolute Gasteiger partial charge is 0.454 e. The van der Waals surface area contributed by atoms with Crippen molar-refractivity contribution in [2.45, 2.75) is 20.0 Å². The average Bonchev–Trinajstić information content (AvgIpc) is 3.14. The van der Waals surface area contributed by atoms with Crippen molar-refractivity contribution in [1.29, 1.82) is 0 Å². The first-order valence-electron chi connectivity index (χ1n) is 7.18. The molecule has 1 aromatic carbocycles. The number of fused-ring (bicyclic) bond motifs is 2. The van der Waals surface area contributed by atoms with Crippen molar-refractivity contribution < 1.29 is 9.47 Å². The van der Waals surface area contributed by atoms with Crippen LogP contribution in [0.2, 0.25) is 0 Å². The van der Waals surface area contributed by atoms with Crippen molar-refractivity contribution in [3.63, 3.8) is 0 Å². The zero-order chi connectivity index (χ0) is 14.9. The fourth-order valence-corrected chi connectivity index (χ4v) is 2.56. The molecular formula is C16H17ClN4O2. The summed E-state index contributed by atoms with van der Waals surface area (Å²) < 4.78 is 10.7. The van der Waals surface area contributed by atoms with Crippen molar-refractivity contribution in [2.24, 2.45) is 0 Å². The first kappa shape index (κ1) is 15.6. The number of aromatic nitrogens is 3. The molecule has 2 aromatic heterocycles. The van der Waals surface area contributed by atoms with Gasteiger partial charge in [0, 0.05) is 30.4 Å². The lowest BCUT2D eigenvalue weighted by atomic mass is 10.2. The number of aryl methyl sites for hydroxylation is 1. The highest BCUT2D eigenvalue weighted by Crippen LogP contribution is 2.32. The molecule has 3 aromatic rings. The van der Waals surface area contributed by atoms with E-state index in [9.17, 15) is 0 Å². The fourth-order valence-electron chi connectivity index (χ4n) is 2.56. The van der Waals surface area contributed by atoms with Crippen LogP contribution >= 0.6 is 12.4 Å². The van der Waals surface area contributed by atoms with Crippen molar-refractivity contribution >= 4 is 23.4 Å². The minimum absolute atomic E-state index is 0. The number of benzene rings is 1. The summed E-state index contributed by atoms with van der Waals surface area (Å²) in [6.07, 6.45) is 1.86. The molecule has 0 unspecified atom stereocenters. The molecule has 0 radical (unpaired) electrons. The second-order valence-electron chi connectivity index (χ2n) is 5.35. The number of H-pyrrole nitrogens is 1. The van der Waals surface area contributed by atoms with E-state index in [4.69, 9.17) is 9.47 Å². The van der Waals surface area contributed by atoms with Crippen LogP contribution < -0.4 is 14.8 Å². The van der Waals surface area contributed by atoms with Crippen molar-refractivity contribution in [2.75, 3.05) is 6.79 Å². The number of hydrogen-bond acceptors (Lipinski definition) is 5. The fraction of sp³-hybridized carbons (Fsp3) is 0.250. The Balaban J connectivity index is 0.00000156. The van der Waals surface area contributed by atoms with Gasteiger partial charge in [-0.25, -0.2) is 4.98 Å². The molecule has 23 heavy (non-hydrogen) atoms. The van der Waals surface area contributed by atoms with Crippen molar-refractivity contribution in [3.8, 4) is 11.5 Å². The number of nitrogens with zero attached hydrogens (tertiary/aromatic N) is 2. The highest BCUT2D eigenvalue weighted by atomic mass is 35.5. The number of hydrogen-bond donors (Lipinski definition) is 2. The maximum Gasteiger partial charge on any atom is 0.231 e. The standard InChI is InChI=1S/C16H16N4O2.ClH/c1-10-13-4-12(8-18-16(13)20-19-10)7-17-6-11-2-3-14-15(5-11)22-9-21-14;/h2-5,8,17H,6-7,9H2,1H3,(H,18,19,20);1H. The number of pyridine rings is 1. The van der Waals surface area contributed by atoms with Crippen LogP contribution in [0.15, 0.2) is 30.5 Å². The summed E-state index contributed by atoms with van der Waals surface area (Å²) in [6, 6.07) is 8.12. The summed E-state index contributed by atoms with van der Waals surface area (Å²) in [7, 11) is 0. The van der Waals surface area contributed by atoms with E-state index in [0.717, 1.165) is 52.4 Å². The van der Waals surface area contributed by atoms with Gasteiger partial charge in [0.25, 0.3) is 0 Å². The lowest BCUT2D eigenvalue weighted by Gasteiger charge is -2.06. The zero-order valence-electron chi connectivity index (χ0n) is 12.6. The van der Waals surface area contributed by atoms with Crippen LogP contribution in [-0.4, -0.2) is 22.0 Å². The molecule has 0 saturated carbocycles. The monoisotopic (exact) mass is 332 g/mol. The van der Waals surface area contributed by atoms with Gasteiger partial charge in [-0.2, -0.15) is 5.10 Å². The first-order valence-corrected chi connectivity index (χ1v) is 7.18. The van der Waals surface area contributed by atoms with Crippen LogP contribution in [0.1, 0.15) is 16.8 Å². The van der Waals surface area contributed by atoms with Gasteiger partial charge >= 0.3 is 0 Å². The van der Waals surface area contributed by atoms with Crippen LogP contribution in [0, 0.1) is 6.92 Å². The summed E-state index contributed by atoms with van der Waals surface area (Å²) in [6.45, 7) is 3.82. The van der Waals surface area contributed by atoms with Gasteiger partial charge in [0.2, 0.25) is 6.79 Å². The Bertz CT molecular complexity index is 834. The Morgan fingerprint density at radius 3 is 2.87 bits per heavy atom. The molecule has 0 aliphatic carbocycles. The van der Waals surface area contributed by atoms with Gasteiger partial charge in [0.15, 0.2) is 17.1 Å². The molecule has 120 valence electrons. The third-order valence-electron chi connectivity index (χ3n) is 3.75. The molecule has 1 aliphatic heterocycles. The lowest BCUT2D eigenvalue weighted by Crippen LogP contribution is -2.12. The second kappa shape index (κ2) is 6.44. The number of rotatable bonds is 4. The molecule has 0 bridgehead atoms. The smallest absolute Gasteiger partial charge is 0.231 e. The summed E-state index contributed by atoms with van der Waals surface area (Å²) >= 11 is 0. The van der Waals surface area contributed by atoms with E-state index in [1.54, 1.807) is 0 Å². The van der Waals surface area contributed by atoms with E-state index < -0.39 is 0 Å². The molecule has 3 heterocycles. The quantitative estimate of drug-likeness (QED) is 0.768. The summed E-state index contributed by atoms with van der Waals surface area (Å²) in [4.78, 5) is 4.36. The number of aromatic amines is 1. The first-order chi connectivity index (χ1) is 10.8. The Morgan fingerprint density at radius 2 is 1.96 bits per heavy atom. The predicted octanol–water partition coefficient (Wildman–Crippen LogP) is 2.71. The summed E-state index contributed by atoms with van der Waals surface area (Å²) in [5.74, 6) is 1.63. The Hall–Kier alpha value is -2.31. The summed E-state index contributed by atoms with van der Waals surface area (Å²) in [5.41, 5.74) is 4.10. The lowest BCUT2D eigenvalue weighted by molar-refractivity contribution is 0.174. The molecule has 6 nitrogen and oxygen atoms in total. The van der Waals surface area contributed by atoms with Crippen molar-refractivity contribution in [3.05, 3.63) is 47.3 Å². The zero-order valence-corrected chi connectivity index (χ0v) is 13.4.